The molecule has 2 heterocycles. The molecule has 3 aliphatic carbocycles. The van der Waals surface area contributed by atoms with Crippen molar-refractivity contribution >= 4 is 60.4 Å². The second-order valence-electron chi connectivity index (χ2n) is 23.2. The second kappa shape index (κ2) is 14.9. The maximum Gasteiger partial charge on any atom is 0.453 e. The van der Waals surface area contributed by atoms with Crippen LogP contribution in [-0.4, -0.2) is 0 Å². The minimum atomic E-state index is -1.94. The van der Waals surface area contributed by atoms with Crippen LogP contribution >= 0.6 is 16.5 Å². The maximum atomic E-state index is 7.60. The quantitative estimate of drug-likeness (QED) is 0.175. The predicted molar refractivity (Wildman–Crippen MR) is 272 cm³/mol. The summed E-state index contributed by atoms with van der Waals surface area (Å²) >= 11 is 0. The number of rotatable bonds is 4. The van der Waals surface area contributed by atoms with Crippen LogP contribution in [0.5, 0.6) is 11.5 Å². The van der Waals surface area contributed by atoms with Crippen molar-refractivity contribution in [2.45, 2.75) is 129 Å². The fourth-order valence-corrected chi connectivity index (χ4v) is 14.0. The smallest absolute Gasteiger partial charge is 0.390 e. The molecule has 2 atom stereocenters. The van der Waals surface area contributed by atoms with Crippen molar-refractivity contribution in [2.24, 2.45) is 11.8 Å². The van der Waals surface area contributed by atoms with Gasteiger partial charge in [-0.2, -0.15) is 0 Å². The Morgan fingerprint density at radius 2 is 0.712 bits per heavy atom. The minimum Gasteiger partial charge on any atom is -0.390 e. The summed E-state index contributed by atoms with van der Waals surface area (Å²) in [6.07, 6.45) is 3.03. The number of hydrogen-bond donors (Lipinski definition) is 0. The number of hydrogen-bond acceptors (Lipinski definition) is 6. The van der Waals surface area contributed by atoms with E-state index in [0.717, 1.165) is 74.6 Å². The largest absolute Gasteiger partial charge is 0.453 e. The highest BCUT2D eigenvalue weighted by Crippen LogP contribution is 2.74. The summed E-state index contributed by atoms with van der Waals surface area (Å²) in [7, 11) is -3.89. The zero-order valence-electron chi connectivity index (χ0n) is 40.5. The molecule has 3 aliphatic rings. The summed E-state index contributed by atoms with van der Waals surface area (Å²) in [6.45, 7) is 28.1. The van der Waals surface area contributed by atoms with E-state index in [1.165, 1.54) is 44.5 Å². The Bertz CT molecular complexity index is 3020. The molecule has 6 nitrogen and oxygen atoms in total. The van der Waals surface area contributed by atoms with Crippen LogP contribution in [-0.2, 0) is 39.9 Å². The summed E-state index contributed by atoms with van der Waals surface area (Å²) in [4.78, 5) is 0. The van der Waals surface area contributed by atoms with Gasteiger partial charge in [0.05, 0.1) is 0 Å². The SMILES string of the molecule is CC(C)(C)c1cc(C(C)(C)C)c(Op2oc3ccccc3c3ccccc3o2)c2c1CC1CC3Cc4c(C(C)(C)C)cc(C(C)(C)C)c(Op5oc6ccccc6c6ccccc6o5)c4C213. The Hall–Kier alpha value is -5.28. The lowest BCUT2D eigenvalue weighted by Gasteiger charge is -2.51. The van der Waals surface area contributed by atoms with Crippen LogP contribution < -0.4 is 9.05 Å². The molecule has 0 amide bonds. The normalized spacial score (nSPS) is 19.1. The molecule has 1 spiro atoms. The summed E-state index contributed by atoms with van der Waals surface area (Å²) in [5.41, 5.74) is 12.3. The second-order valence-corrected chi connectivity index (χ2v) is 25.2. The van der Waals surface area contributed by atoms with Gasteiger partial charge in [-0.05, 0) is 99.3 Å². The summed E-state index contributed by atoms with van der Waals surface area (Å²) in [5, 5.41) is 3.98. The third-order valence-corrected chi connectivity index (χ3v) is 16.8. The van der Waals surface area contributed by atoms with Crippen molar-refractivity contribution in [3.63, 3.8) is 0 Å². The van der Waals surface area contributed by atoms with Gasteiger partial charge < -0.3 is 25.8 Å². The fourth-order valence-electron chi connectivity index (χ4n) is 11.8. The average molecular weight is 917 g/mol. The molecule has 0 saturated heterocycles. The molecule has 1 saturated carbocycles. The molecule has 66 heavy (non-hydrogen) atoms. The van der Waals surface area contributed by atoms with Crippen LogP contribution in [0.4, 0.5) is 0 Å². The molecule has 0 bridgehead atoms. The van der Waals surface area contributed by atoms with E-state index in [9.17, 15) is 0 Å². The van der Waals surface area contributed by atoms with Gasteiger partial charge in [0.25, 0.3) is 0 Å². The van der Waals surface area contributed by atoms with Gasteiger partial charge in [0.2, 0.25) is 0 Å². The van der Waals surface area contributed by atoms with Gasteiger partial charge >= 0.3 is 16.5 Å². The van der Waals surface area contributed by atoms with Crippen LogP contribution in [0.15, 0.2) is 126 Å². The van der Waals surface area contributed by atoms with Crippen LogP contribution in [0.25, 0.3) is 43.9 Å². The van der Waals surface area contributed by atoms with Crippen LogP contribution in [0.1, 0.15) is 134 Å². The van der Waals surface area contributed by atoms with Crippen LogP contribution in [0.2, 0.25) is 0 Å². The molecule has 2 unspecified atom stereocenters. The van der Waals surface area contributed by atoms with E-state index in [0.29, 0.717) is 11.8 Å². The van der Waals surface area contributed by atoms with Crippen molar-refractivity contribution in [3.05, 3.63) is 154 Å². The third kappa shape index (κ3) is 6.71. The highest BCUT2D eigenvalue weighted by Gasteiger charge is 2.68. The average Bonchev–Trinajstić information content (AvgIpc) is 3.49. The monoisotopic (exact) mass is 916 g/mol. The first kappa shape index (κ1) is 43.3. The molecule has 2 aromatic heterocycles. The van der Waals surface area contributed by atoms with Crippen molar-refractivity contribution in [1.29, 1.82) is 0 Å². The Labute approximate surface area is 391 Å². The first-order chi connectivity index (χ1) is 31.2. The van der Waals surface area contributed by atoms with E-state index >= 15 is 0 Å². The molecule has 0 aliphatic heterocycles. The van der Waals surface area contributed by atoms with Gasteiger partial charge in [0.1, 0.15) is 33.8 Å². The highest BCUT2D eigenvalue weighted by molar-refractivity contribution is 7.32. The Balaban J connectivity index is 1.25. The lowest BCUT2D eigenvalue weighted by Crippen LogP contribution is -2.49. The van der Waals surface area contributed by atoms with E-state index in [1.54, 1.807) is 0 Å². The number of para-hydroxylation sites is 4. The van der Waals surface area contributed by atoms with E-state index in [4.69, 9.17) is 25.8 Å². The number of benzene rings is 6. The number of fused-ring (bicyclic) bond motifs is 8. The van der Waals surface area contributed by atoms with Crippen LogP contribution in [0.3, 0.4) is 0 Å². The Morgan fingerprint density at radius 1 is 0.424 bits per heavy atom. The van der Waals surface area contributed by atoms with Gasteiger partial charge in [-0.1, -0.05) is 168 Å². The topological polar surface area (TPSA) is 71.0 Å². The summed E-state index contributed by atoms with van der Waals surface area (Å²) < 4.78 is 42.9. The molecule has 8 heteroatoms. The van der Waals surface area contributed by atoms with Crippen LogP contribution in [0, 0.1) is 11.8 Å². The molecule has 340 valence electrons. The van der Waals surface area contributed by atoms with E-state index in [-0.39, 0.29) is 21.7 Å². The molecule has 8 aromatic rings. The molecular weight excluding hydrogens is 855 g/mol. The van der Waals surface area contributed by atoms with Crippen molar-refractivity contribution in [1.82, 2.24) is 0 Å². The lowest BCUT2D eigenvalue weighted by molar-refractivity contribution is 0.0950. The Morgan fingerprint density at radius 3 is 1.00 bits per heavy atom. The fraction of sp³-hybridized carbons (Fsp3) is 0.379. The Kier molecular flexibility index (Phi) is 9.75. The standard InChI is InChI=1S/C58H62O6P2/c1-54(2,3)42-32-44(56(7,8)9)52(63-65-59-46-25-17-13-21-36(46)37-22-14-18-26-47(37)60-65)50-40(42)30-34-29-35-31-41-43(55(4,5)6)33-45(57(10,11)12)53(51(41)58(34,35)50)64-66-61-48-27-19-15-23-38(48)39-24-16-20-28-49(39)62-66/h13-28,32-35H,29-31H2,1-12H3. The molecule has 6 aromatic carbocycles. The molecule has 11 rings (SSSR count). The molecule has 0 radical (unpaired) electrons. The van der Waals surface area contributed by atoms with Crippen molar-refractivity contribution in [3.8, 4) is 11.5 Å². The molecular formula is C58H62O6P2. The van der Waals surface area contributed by atoms with Gasteiger partial charge in [0.15, 0.2) is 0 Å². The van der Waals surface area contributed by atoms with Gasteiger partial charge in [-0.15, -0.1) is 0 Å². The maximum absolute atomic E-state index is 7.60. The minimum absolute atomic E-state index is 0.131. The van der Waals surface area contributed by atoms with Crippen molar-refractivity contribution in [2.75, 3.05) is 0 Å². The van der Waals surface area contributed by atoms with E-state index in [2.05, 4.69) is 144 Å². The first-order valence-electron chi connectivity index (χ1n) is 23.7. The predicted octanol–water partition coefficient (Wildman–Crippen LogP) is 17.8. The van der Waals surface area contributed by atoms with Gasteiger partial charge in [-0.25, -0.2) is 0 Å². The lowest BCUT2D eigenvalue weighted by atomic mass is 9.52. The van der Waals surface area contributed by atoms with E-state index < -0.39 is 21.9 Å². The zero-order chi connectivity index (χ0) is 46.3. The molecule has 0 N–H and O–H groups in total. The van der Waals surface area contributed by atoms with Crippen molar-refractivity contribution < 1.29 is 25.8 Å². The zero-order valence-corrected chi connectivity index (χ0v) is 42.3. The third-order valence-electron chi connectivity index (χ3n) is 14.7. The van der Waals surface area contributed by atoms with Gasteiger partial charge in [-0.3, -0.25) is 0 Å². The first-order valence-corrected chi connectivity index (χ1v) is 25.9. The summed E-state index contributed by atoms with van der Waals surface area (Å²) in [6, 6.07) is 37.8. The molecule has 1 fully saturated rings. The van der Waals surface area contributed by atoms with Gasteiger partial charge in [0, 0.05) is 49.2 Å². The highest BCUT2D eigenvalue weighted by atomic mass is 31.1. The summed E-state index contributed by atoms with van der Waals surface area (Å²) in [5.74, 6) is 2.46. The van der Waals surface area contributed by atoms with E-state index in [1.807, 2.05) is 48.5 Å².